The predicted molar refractivity (Wildman–Crippen MR) is 89.4 cm³/mol. The van der Waals surface area contributed by atoms with Crippen molar-refractivity contribution in [3.63, 3.8) is 0 Å². The van der Waals surface area contributed by atoms with Crippen molar-refractivity contribution in [1.29, 1.82) is 0 Å². The molecular weight excluding hydrogens is 333 g/mol. The lowest BCUT2D eigenvalue weighted by atomic mass is 10.2. The zero-order chi connectivity index (χ0) is 16.9. The molecule has 0 fully saturated rings. The molecule has 0 unspecified atom stereocenters. The quantitative estimate of drug-likeness (QED) is 0.414. The summed E-state index contributed by atoms with van der Waals surface area (Å²) in [6, 6.07) is 5.81. The standard InChI is InChI=1S/C15H12FN5O2S/c1-2-23-8-18-11-7-13(22)10(16)6-12(11)19-20-15-9-4-3-5-17-14(9)21-24-15/h3-8,22H,2H2,1H3/b18-8?,20-19+. The second-order valence-electron chi connectivity index (χ2n) is 4.54. The second kappa shape index (κ2) is 7.09. The van der Waals surface area contributed by atoms with Gasteiger partial charge in [-0.25, -0.2) is 14.4 Å². The number of hydrogen-bond acceptors (Lipinski definition) is 8. The van der Waals surface area contributed by atoms with Crippen molar-refractivity contribution in [2.45, 2.75) is 6.92 Å². The van der Waals surface area contributed by atoms with Crippen molar-refractivity contribution in [3.8, 4) is 5.75 Å². The van der Waals surface area contributed by atoms with E-state index in [2.05, 4.69) is 24.6 Å². The number of aliphatic imine (C=N–C) groups is 1. The Morgan fingerprint density at radius 2 is 2.21 bits per heavy atom. The third kappa shape index (κ3) is 3.35. The van der Waals surface area contributed by atoms with Gasteiger partial charge in [-0.05, 0) is 30.6 Å². The van der Waals surface area contributed by atoms with Crippen LogP contribution in [0, 0.1) is 5.82 Å². The molecular formula is C15H12FN5O2S. The van der Waals surface area contributed by atoms with Gasteiger partial charge < -0.3 is 9.84 Å². The lowest BCUT2D eigenvalue weighted by Gasteiger charge is -2.02. The summed E-state index contributed by atoms with van der Waals surface area (Å²) >= 11 is 1.14. The van der Waals surface area contributed by atoms with Crippen LogP contribution in [0.2, 0.25) is 0 Å². The first-order valence-electron chi connectivity index (χ1n) is 6.98. The Hall–Kier alpha value is -2.94. The molecule has 0 saturated heterocycles. The number of pyridine rings is 1. The van der Waals surface area contributed by atoms with E-state index in [9.17, 15) is 9.50 Å². The molecule has 0 bridgehead atoms. The zero-order valence-electron chi connectivity index (χ0n) is 12.5. The Labute approximate surface area is 140 Å². The minimum absolute atomic E-state index is 0.159. The van der Waals surface area contributed by atoms with Crippen molar-refractivity contribution in [1.82, 2.24) is 9.36 Å². The molecule has 7 nitrogen and oxygen atoms in total. The Morgan fingerprint density at radius 1 is 1.33 bits per heavy atom. The Balaban J connectivity index is 1.97. The van der Waals surface area contributed by atoms with Crippen molar-refractivity contribution < 1.29 is 14.2 Å². The highest BCUT2D eigenvalue weighted by atomic mass is 32.1. The number of phenols is 1. The van der Waals surface area contributed by atoms with Crippen molar-refractivity contribution in [3.05, 3.63) is 36.3 Å². The van der Waals surface area contributed by atoms with Crippen LogP contribution in [0.25, 0.3) is 11.0 Å². The van der Waals surface area contributed by atoms with E-state index in [0.29, 0.717) is 17.3 Å². The minimum Gasteiger partial charge on any atom is -0.505 e. The van der Waals surface area contributed by atoms with E-state index in [1.807, 2.05) is 6.07 Å². The predicted octanol–water partition coefficient (Wildman–Crippen LogP) is 4.65. The van der Waals surface area contributed by atoms with E-state index in [1.165, 1.54) is 6.40 Å². The van der Waals surface area contributed by atoms with E-state index in [0.717, 1.165) is 29.1 Å². The molecule has 9 heteroatoms. The van der Waals surface area contributed by atoms with Gasteiger partial charge in [0.25, 0.3) is 0 Å². The SMILES string of the molecule is CCOC=Nc1cc(O)c(F)cc1/N=N/c1snc2ncccc12. The number of fused-ring (bicyclic) bond motifs is 1. The zero-order valence-corrected chi connectivity index (χ0v) is 13.4. The molecule has 0 atom stereocenters. The van der Waals surface area contributed by atoms with Gasteiger partial charge >= 0.3 is 0 Å². The number of benzene rings is 1. The van der Waals surface area contributed by atoms with E-state index in [1.54, 1.807) is 19.2 Å². The van der Waals surface area contributed by atoms with Crippen LogP contribution in [-0.2, 0) is 4.74 Å². The summed E-state index contributed by atoms with van der Waals surface area (Å²) in [6.07, 6.45) is 2.84. The van der Waals surface area contributed by atoms with Crippen molar-refractivity contribution in [2.24, 2.45) is 15.2 Å². The smallest absolute Gasteiger partial charge is 0.175 e. The highest BCUT2D eigenvalue weighted by Gasteiger charge is 2.10. The van der Waals surface area contributed by atoms with Crippen LogP contribution in [-0.4, -0.2) is 27.5 Å². The first kappa shape index (κ1) is 15.9. The first-order chi connectivity index (χ1) is 11.7. The van der Waals surface area contributed by atoms with Gasteiger partial charge in [-0.3, -0.25) is 0 Å². The Bertz CT molecular complexity index is 925. The van der Waals surface area contributed by atoms with Crippen LogP contribution in [0.5, 0.6) is 5.75 Å². The molecule has 0 aliphatic rings. The summed E-state index contributed by atoms with van der Waals surface area (Å²) in [5, 5.41) is 18.9. The van der Waals surface area contributed by atoms with Crippen LogP contribution >= 0.6 is 11.5 Å². The van der Waals surface area contributed by atoms with E-state index < -0.39 is 11.6 Å². The maximum atomic E-state index is 13.6. The van der Waals surface area contributed by atoms with Gasteiger partial charge in [-0.2, -0.15) is 4.37 Å². The largest absolute Gasteiger partial charge is 0.505 e. The summed E-state index contributed by atoms with van der Waals surface area (Å²) in [5.74, 6) is -1.33. The molecule has 3 aromatic rings. The average molecular weight is 345 g/mol. The van der Waals surface area contributed by atoms with Gasteiger partial charge in [0.05, 0.1) is 17.7 Å². The molecule has 122 valence electrons. The van der Waals surface area contributed by atoms with Gasteiger partial charge in [0, 0.05) is 18.3 Å². The fourth-order valence-electron chi connectivity index (χ4n) is 1.84. The van der Waals surface area contributed by atoms with Crippen LogP contribution < -0.4 is 0 Å². The summed E-state index contributed by atoms with van der Waals surface area (Å²) in [6.45, 7) is 2.24. The van der Waals surface area contributed by atoms with Gasteiger partial charge in [0.2, 0.25) is 0 Å². The molecule has 0 aliphatic carbocycles. The van der Waals surface area contributed by atoms with Crippen LogP contribution in [0.3, 0.4) is 0 Å². The molecule has 0 radical (unpaired) electrons. The van der Waals surface area contributed by atoms with Gasteiger partial charge in [-0.1, -0.05) is 0 Å². The van der Waals surface area contributed by atoms with Gasteiger partial charge in [0.1, 0.15) is 5.69 Å². The number of halogens is 1. The number of phenolic OH excluding ortho intramolecular Hbond substituents is 1. The van der Waals surface area contributed by atoms with E-state index >= 15 is 0 Å². The number of aromatic hydroxyl groups is 1. The molecule has 2 heterocycles. The minimum atomic E-state index is -0.810. The third-order valence-electron chi connectivity index (χ3n) is 2.96. The number of aromatic nitrogens is 2. The molecule has 2 aromatic heterocycles. The maximum Gasteiger partial charge on any atom is 0.175 e. The number of hydrogen-bond donors (Lipinski definition) is 1. The number of ether oxygens (including phenoxy) is 1. The van der Waals surface area contributed by atoms with Crippen LogP contribution in [0.15, 0.2) is 45.7 Å². The lowest BCUT2D eigenvalue weighted by molar-refractivity contribution is 0.344. The molecule has 0 aliphatic heterocycles. The number of azo groups is 1. The Morgan fingerprint density at radius 3 is 3.04 bits per heavy atom. The van der Waals surface area contributed by atoms with Gasteiger partial charge in [0.15, 0.2) is 28.6 Å². The summed E-state index contributed by atoms with van der Waals surface area (Å²) in [5.41, 5.74) is 0.965. The lowest BCUT2D eigenvalue weighted by Crippen LogP contribution is -1.84. The third-order valence-corrected chi connectivity index (χ3v) is 3.70. The topological polar surface area (TPSA) is 92.3 Å². The second-order valence-corrected chi connectivity index (χ2v) is 5.30. The van der Waals surface area contributed by atoms with Crippen molar-refractivity contribution >= 4 is 45.3 Å². The molecule has 0 saturated carbocycles. The van der Waals surface area contributed by atoms with Crippen molar-refractivity contribution in [2.75, 3.05) is 6.61 Å². The first-order valence-corrected chi connectivity index (χ1v) is 7.75. The highest BCUT2D eigenvalue weighted by Crippen LogP contribution is 2.36. The molecule has 1 N–H and O–H groups in total. The van der Waals surface area contributed by atoms with Crippen LogP contribution in [0.1, 0.15) is 6.92 Å². The normalized spacial score (nSPS) is 11.8. The number of nitrogens with zero attached hydrogens (tertiary/aromatic N) is 5. The Kier molecular flexibility index (Phi) is 4.71. The van der Waals surface area contributed by atoms with Gasteiger partial charge in [-0.15, -0.1) is 10.2 Å². The molecule has 0 amide bonds. The fraction of sp³-hybridized carbons (Fsp3) is 0.133. The maximum absolute atomic E-state index is 13.6. The van der Waals surface area contributed by atoms with E-state index in [-0.39, 0.29) is 11.4 Å². The van der Waals surface area contributed by atoms with E-state index in [4.69, 9.17) is 4.74 Å². The molecule has 1 aromatic carbocycles. The summed E-state index contributed by atoms with van der Waals surface area (Å²) in [4.78, 5) is 8.12. The van der Waals surface area contributed by atoms with Crippen LogP contribution in [0.4, 0.5) is 20.8 Å². The monoisotopic (exact) mass is 345 g/mol. The molecule has 3 rings (SSSR count). The average Bonchev–Trinajstić information content (AvgIpc) is 3.00. The highest BCUT2D eigenvalue weighted by molar-refractivity contribution is 7.11. The molecule has 24 heavy (non-hydrogen) atoms. The fourth-order valence-corrected chi connectivity index (χ4v) is 2.49. The summed E-state index contributed by atoms with van der Waals surface area (Å²) < 4.78 is 22.8. The number of rotatable bonds is 5. The summed E-state index contributed by atoms with van der Waals surface area (Å²) in [7, 11) is 0. The molecule has 0 spiro atoms.